The first-order chi connectivity index (χ1) is 8.72. The Balaban J connectivity index is 2.05. The van der Waals surface area contributed by atoms with Crippen LogP contribution in [-0.2, 0) is 12.2 Å². The summed E-state index contributed by atoms with van der Waals surface area (Å²) in [6.45, 7) is 1.99. The maximum absolute atomic E-state index is 5.90. The maximum Gasteiger partial charge on any atom is 0.237 e. The fourth-order valence-corrected chi connectivity index (χ4v) is 2.23. The predicted molar refractivity (Wildman–Crippen MR) is 70.6 cm³/mol. The highest BCUT2D eigenvalue weighted by Crippen LogP contribution is 2.31. The van der Waals surface area contributed by atoms with Gasteiger partial charge in [0.1, 0.15) is 5.75 Å². The first kappa shape index (κ1) is 12.8. The summed E-state index contributed by atoms with van der Waals surface area (Å²) in [4.78, 5) is 5.20. The van der Waals surface area contributed by atoms with Crippen LogP contribution in [0.5, 0.6) is 5.75 Å². The van der Waals surface area contributed by atoms with Gasteiger partial charge in [0.05, 0.1) is 12.9 Å². The Morgan fingerprint density at radius 2 is 2.28 bits per heavy atom. The van der Waals surface area contributed by atoms with Crippen LogP contribution in [0.25, 0.3) is 0 Å². The van der Waals surface area contributed by atoms with Crippen molar-refractivity contribution in [3.05, 3.63) is 29.9 Å². The van der Waals surface area contributed by atoms with Crippen molar-refractivity contribution in [2.45, 2.75) is 24.0 Å². The number of aryl methyl sites for hydroxylation is 1. The number of ether oxygens (including phenoxy) is 1. The molecule has 18 heavy (non-hydrogen) atoms. The molecule has 96 valence electrons. The number of hydrogen-bond donors (Lipinski definition) is 1. The second-order valence-electron chi connectivity index (χ2n) is 3.65. The van der Waals surface area contributed by atoms with E-state index >= 15 is 0 Å². The predicted octanol–water partition coefficient (Wildman–Crippen LogP) is 2.52. The summed E-state index contributed by atoms with van der Waals surface area (Å²) in [5, 5.41) is 3.85. The normalized spacial score (nSPS) is 10.6. The molecule has 0 saturated heterocycles. The zero-order valence-electron chi connectivity index (χ0n) is 10.3. The standard InChI is InChI=1S/C12H15N3O2S/c1-3-11-14-12(17-15-11)7-18-10-6-8(16-2)4-5-9(10)13/h4-6H,3,7,13H2,1-2H3. The van der Waals surface area contributed by atoms with E-state index in [-0.39, 0.29) is 0 Å². The largest absolute Gasteiger partial charge is 0.497 e. The molecule has 0 atom stereocenters. The highest BCUT2D eigenvalue weighted by Gasteiger charge is 2.08. The zero-order chi connectivity index (χ0) is 13.0. The lowest BCUT2D eigenvalue weighted by Crippen LogP contribution is -1.91. The molecule has 0 aliphatic carbocycles. The van der Waals surface area contributed by atoms with Crippen molar-refractivity contribution in [2.24, 2.45) is 0 Å². The molecule has 0 amide bonds. The Bertz CT molecular complexity index is 528. The van der Waals surface area contributed by atoms with Gasteiger partial charge >= 0.3 is 0 Å². The Labute approximate surface area is 110 Å². The van der Waals surface area contributed by atoms with Crippen LogP contribution in [-0.4, -0.2) is 17.3 Å². The van der Waals surface area contributed by atoms with Crippen LogP contribution in [0.3, 0.4) is 0 Å². The van der Waals surface area contributed by atoms with E-state index in [4.69, 9.17) is 15.0 Å². The summed E-state index contributed by atoms with van der Waals surface area (Å²) in [5.41, 5.74) is 6.62. The van der Waals surface area contributed by atoms with Crippen LogP contribution in [0, 0.1) is 0 Å². The molecule has 2 aromatic rings. The molecule has 0 aliphatic rings. The van der Waals surface area contributed by atoms with Gasteiger partial charge in [-0.1, -0.05) is 12.1 Å². The number of anilines is 1. The first-order valence-corrected chi connectivity index (χ1v) is 6.59. The lowest BCUT2D eigenvalue weighted by molar-refractivity contribution is 0.385. The Kier molecular flexibility index (Phi) is 4.09. The molecule has 0 unspecified atom stereocenters. The molecule has 2 rings (SSSR count). The van der Waals surface area contributed by atoms with Crippen molar-refractivity contribution in [1.82, 2.24) is 10.1 Å². The van der Waals surface area contributed by atoms with Gasteiger partial charge in [-0.25, -0.2) is 0 Å². The van der Waals surface area contributed by atoms with E-state index in [1.165, 1.54) is 0 Å². The summed E-state index contributed by atoms with van der Waals surface area (Å²) < 4.78 is 10.3. The second kappa shape index (κ2) is 5.77. The van der Waals surface area contributed by atoms with E-state index in [1.807, 2.05) is 25.1 Å². The molecule has 0 spiro atoms. The van der Waals surface area contributed by atoms with Gasteiger partial charge in [0.15, 0.2) is 5.82 Å². The molecule has 6 heteroatoms. The van der Waals surface area contributed by atoms with E-state index < -0.39 is 0 Å². The van der Waals surface area contributed by atoms with Crippen LogP contribution < -0.4 is 10.5 Å². The van der Waals surface area contributed by atoms with Gasteiger partial charge in [0.2, 0.25) is 5.89 Å². The van der Waals surface area contributed by atoms with Crippen LogP contribution in [0.2, 0.25) is 0 Å². The number of benzene rings is 1. The molecule has 0 saturated carbocycles. The Morgan fingerprint density at radius 3 is 2.94 bits per heavy atom. The van der Waals surface area contributed by atoms with Crippen molar-refractivity contribution in [2.75, 3.05) is 12.8 Å². The monoisotopic (exact) mass is 265 g/mol. The fraction of sp³-hybridized carbons (Fsp3) is 0.333. The average Bonchev–Trinajstić information content (AvgIpc) is 2.86. The molecule has 2 N–H and O–H groups in total. The molecule has 1 aromatic carbocycles. The Morgan fingerprint density at radius 1 is 1.44 bits per heavy atom. The van der Waals surface area contributed by atoms with Gasteiger partial charge in [0.25, 0.3) is 0 Å². The van der Waals surface area contributed by atoms with E-state index in [0.717, 1.165) is 28.6 Å². The second-order valence-corrected chi connectivity index (χ2v) is 4.67. The number of thioether (sulfide) groups is 1. The number of rotatable bonds is 5. The minimum atomic E-state index is 0.602. The van der Waals surface area contributed by atoms with Gasteiger partial charge in [-0.15, -0.1) is 11.8 Å². The molecule has 0 radical (unpaired) electrons. The van der Waals surface area contributed by atoms with Crippen molar-refractivity contribution < 1.29 is 9.26 Å². The number of methoxy groups -OCH3 is 1. The van der Waals surface area contributed by atoms with Crippen molar-refractivity contribution in [3.8, 4) is 5.75 Å². The molecule has 1 heterocycles. The zero-order valence-corrected chi connectivity index (χ0v) is 11.2. The third-order valence-corrected chi connectivity index (χ3v) is 3.45. The lowest BCUT2D eigenvalue weighted by Gasteiger charge is -2.06. The summed E-state index contributed by atoms with van der Waals surface area (Å²) in [6, 6.07) is 5.56. The summed E-state index contributed by atoms with van der Waals surface area (Å²) >= 11 is 1.55. The topological polar surface area (TPSA) is 74.2 Å². The van der Waals surface area contributed by atoms with E-state index in [2.05, 4.69) is 10.1 Å². The maximum atomic E-state index is 5.90. The van der Waals surface area contributed by atoms with E-state index in [1.54, 1.807) is 18.9 Å². The molecule has 0 bridgehead atoms. The van der Waals surface area contributed by atoms with Gasteiger partial charge in [-0.3, -0.25) is 0 Å². The smallest absolute Gasteiger partial charge is 0.237 e. The molecular weight excluding hydrogens is 250 g/mol. The van der Waals surface area contributed by atoms with Crippen LogP contribution in [0.1, 0.15) is 18.6 Å². The molecule has 5 nitrogen and oxygen atoms in total. The third kappa shape index (κ3) is 2.95. The minimum absolute atomic E-state index is 0.602. The fourth-order valence-electron chi connectivity index (χ4n) is 1.40. The number of aromatic nitrogens is 2. The first-order valence-electron chi connectivity index (χ1n) is 5.60. The lowest BCUT2D eigenvalue weighted by atomic mass is 10.3. The van der Waals surface area contributed by atoms with Gasteiger partial charge in [-0.05, 0) is 18.2 Å². The quantitative estimate of drug-likeness (QED) is 0.661. The number of nitrogens with zero attached hydrogens (tertiary/aromatic N) is 2. The van der Waals surface area contributed by atoms with Gasteiger partial charge in [-0.2, -0.15) is 4.98 Å². The van der Waals surface area contributed by atoms with Crippen LogP contribution in [0.4, 0.5) is 5.69 Å². The summed E-state index contributed by atoms with van der Waals surface area (Å²) in [7, 11) is 1.63. The highest BCUT2D eigenvalue weighted by atomic mass is 32.2. The SMILES string of the molecule is CCc1noc(CSc2cc(OC)ccc2N)n1. The van der Waals surface area contributed by atoms with Crippen LogP contribution in [0.15, 0.2) is 27.6 Å². The molecule has 1 aromatic heterocycles. The minimum Gasteiger partial charge on any atom is -0.497 e. The van der Waals surface area contributed by atoms with E-state index in [0.29, 0.717) is 11.6 Å². The molecule has 0 aliphatic heterocycles. The van der Waals surface area contributed by atoms with Crippen molar-refractivity contribution in [3.63, 3.8) is 0 Å². The van der Waals surface area contributed by atoms with Crippen LogP contribution >= 0.6 is 11.8 Å². The summed E-state index contributed by atoms with van der Waals surface area (Å²) in [5.74, 6) is 2.72. The average molecular weight is 265 g/mol. The Hall–Kier alpha value is -1.69. The van der Waals surface area contributed by atoms with Crippen molar-refractivity contribution >= 4 is 17.4 Å². The number of nitrogen functional groups attached to an aromatic ring is 1. The summed E-state index contributed by atoms with van der Waals surface area (Å²) in [6.07, 6.45) is 0.773. The molecular formula is C12H15N3O2S. The molecule has 0 fully saturated rings. The van der Waals surface area contributed by atoms with Gasteiger partial charge in [0, 0.05) is 17.0 Å². The number of hydrogen-bond acceptors (Lipinski definition) is 6. The highest BCUT2D eigenvalue weighted by molar-refractivity contribution is 7.98. The third-order valence-electron chi connectivity index (χ3n) is 2.40. The van der Waals surface area contributed by atoms with Crippen molar-refractivity contribution in [1.29, 1.82) is 0 Å². The van der Waals surface area contributed by atoms with E-state index in [9.17, 15) is 0 Å². The number of nitrogens with two attached hydrogens (primary N) is 1. The van der Waals surface area contributed by atoms with Gasteiger partial charge < -0.3 is 15.0 Å².